The fraction of sp³-hybridized carbons (Fsp3) is 0.857. The fourth-order valence-corrected chi connectivity index (χ4v) is 4.99. The predicted molar refractivity (Wildman–Crippen MR) is 74.9 cm³/mol. The summed E-state index contributed by atoms with van der Waals surface area (Å²) in [4.78, 5) is 0. The van der Waals surface area contributed by atoms with E-state index in [2.05, 4.69) is 17.8 Å². The van der Waals surface area contributed by atoms with Crippen LogP contribution >= 0.6 is 23.4 Å². The van der Waals surface area contributed by atoms with Crippen molar-refractivity contribution in [2.24, 2.45) is 5.92 Å². The van der Waals surface area contributed by atoms with Crippen molar-refractivity contribution in [3.63, 3.8) is 0 Å². The summed E-state index contributed by atoms with van der Waals surface area (Å²) in [5.74, 6) is 3.32. The molecule has 0 aromatic carbocycles. The van der Waals surface area contributed by atoms with Crippen LogP contribution in [-0.4, -0.2) is 29.1 Å². The van der Waals surface area contributed by atoms with Crippen LogP contribution in [0, 0.1) is 5.92 Å². The van der Waals surface area contributed by atoms with Gasteiger partial charge in [-0.1, -0.05) is 11.6 Å². The minimum atomic E-state index is 0.222. The number of ether oxygens (including phenoxy) is 1. The van der Waals surface area contributed by atoms with Crippen LogP contribution in [0.1, 0.15) is 38.5 Å². The second kappa shape index (κ2) is 5.14. The van der Waals surface area contributed by atoms with E-state index in [0.29, 0.717) is 5.38 Å². The van der Waals surface area contributed by atoms with Gasteiger partial charge in [0, 0.05) is 6.61 Å². The lowest BCUT2D eigenvalue weighted by Crippen LogP contribution is -2.43. The van der Waals surface area contributed by atoms with Crippen LogP contribution in [0.5, 0.6) is 0 Å². The average Bonchev–Trinajstić information content (AvgIpc) is 2.77. The van der Waals surface area contributed by atoms with Crippen LogP contribution in [0.4, 0.5) is 0 Å². The molecule has 2 saturated heterocycles. The Bertz CT molecular complexity index is 304. The Balaban J connectivity index is 1.69. The molecular formula is C14H21ClOS. The topological polar surface area (TPSA) is 9.23 Å². The molecule has 0 amide bonds. The molecule has 1 aliphatic carbocycles. The van der Waals surface area contributed by atoms with Gasteiger partial charge < -0.3 is 4.74 Å². The van der Waals surface area contributed by atoms with E-state index in [1.54, 1.807) is 5.57 Å². The molecule has 0 N–H and O–H groups in total. The molecule has 1 spiro atoms. The molecular weight excluding hydrogens is 252 g/mol. The van der Waals surface area contributed by atoms with Crippen LogP contribution in [0.2, 0.25) is 0 Å². The molecule has 3 heteroatoms. The van der Waals surface area contributed by atoms with Gasteiger partial charge in [-0.3, -0.25) is 0 Å². The Labute approximate surface area is 113 Å². The number of allylic oxidation sites excluding steroid dienone is 2. The molecule has 0 radical (unpaired) electrons. The van der Waals surface area contributed by atoms with Crippen LogP contribution < -0.4 is 0 Å². The highest BCUT2D eigenvalue weighted by Crippen LogP contribution is 2.44. The van der Waals surface area contributed by atoms with Crippen LogP contribution in [0.3, 0.4) is 0 Å². The maximum Gasteiger partial charge on any atom is 0.0704 e. The van der Waals surface area contributed by atoms with E-state index in [-0.39, 0.29) is 5.60 Å². The molecule has 2 aliphatic heterocycles. The quantitative estimate of drug-likeness (QED) is 0.527. The van der Waals surface area contributed by atoms with Gasteiger partial charge in [-0.05, 0) is 55.9 Å². The standard InChI is InChI=1S/C14H21ClOS/c15-13-2-1-11(9-13)12-3-6-16-14(10-12)4-7-17-8-5-14/h9,12-13H,1-8,10H2. The highest BCUT2D eigenvalue weighted by molar-refractivity contribution is 7.99. The summed E-state index contributed by atoms with van der Waals surface area (Å²) in [7, 11) is 0. The summed E-state index contributed by atoms with van der Waals surface area (Å²) in [5, 5.41) is 0.297. The number of alkyl halides is 1. The number of hydrogen-bond donors (Lipinski definition) is 0. The monoisotopic (exact) mass is 272 g/mol. The zero-order chi connectivity index (χ0) is 11.7. The van der Waals surface area contributed by atoms with Gasteiger partial charge in [0.1, 0.15) is 0 Å². The SMILES string of the molecule is ClC1C=C(C2CCOC3(CCSCC3)C2)CC1. The van der Waals surface area contributed by atoms with E-state index < -0.39 is 0 Å². The molecule has 0 saturated carbocycles. The van der Waals surface area contributed by atoms with Gasteiger partial charge in [-0.25, -0.2) is 0 Å². The average molecular weight is 273 g/mol. The third kappa shape index (κ3) is 2.69. The van der Waals surface area contributed by atoms with E-state index in [1.165, 1.54) is 43.6 Å². The third-order valence-electron chi connectivity index (χ3n) is 4.53. The second-order valence-electron chi connectivity index (χ2n) is 5.63. The maximum absolute atomic E-state index is 6.19. The van der Waals surface area contributed by atoms with Gasteiger partial charge in [0.05, 0.1) is 11.0 Å². The Hall–Kier alpha value is 0.340. The smallest absolute Gasteiger partial charge is 0.0704 e. The van der Waals surface area contributed by atoms with Crippen molar-refractivity contribution >= 4 is 23.4 Å². The van der Waals surface area contributed by atoms with Gasteiger partial charge in [0.25, 0.3) is 0 Å². The van der Waals surface area contributed by atoms with Crippen molar-refractivity contribution in [2.45, 2.75) is 49.5 Å². The van der Waals surface area contributed by atoms with E-state index in [1.807, 2.05) is 0 Å². The van der Waals surface area contributed by atoms with Crippen LogP contribution in [0.15, 0.2) is 11.6 Å². The molecule has 2 heterocycles. The van der Waals surface area contributed by atoms with Crippen molar-refractivity contribution < 1.29 is 4.74 Å². The Morgan fingerprint density at radius 1 is 1.29 bits per heavy atom. The van der Waals surface area contributed by atoms with Gasteiger partial charge in [-0.15, -0.1) is 11.6 Å². The summed E-state index contributed by atoms with van der Waals surface area (Å²) < 4.78 is 6.15. The normalized spacial score (nSPS) is 37.1. The van der Waals surface area contributed by atoms with E-state index in [0.717, 1.165) is 18.9 Å². The summed E-state index contributed by atoms with van der Waals surface area (Å²) in [6.45, 7) is 0.958. The second-order valence-corrected chi connectivity index (χ2v) is 7.42. The molecule has 17 heavy (non-hydrogen) atoms. The molecule has 3 rings (SSSR count). The number of hydrogen-bond acceptors (Lipinski definition) is 2. The predicted octanol–water partition coefficient (Wildman–Crippen LogP) is 4.01. The van der Waals surface area contributed by atoms with E-state index >= 15 is 0 Å². The van der Waals surface area contributed by atoms with Crippen molar-refractivity contribution in [3.8, 4) is 0 Å². The zero-order valence-corrected chi connectivity index (χ0v) is 11.9. The first-order valence-corrected chi connectivity index (χ1v) is 8.43. The minimum absolute atomic E-state index is 0.222. The maximum atomic E-state index is 6.19. The molecule has 3 aliphatic rings. The van der Waals surface area contributed by atoms with Crippen molar-refractivity contribution in [2.75, 3.05) is 18.1 Å². The lowest BCUT2D eigenvalue weighted by atomic mass is 9.78. The lowest BCUT2D eigenvalue weighted by Gasteiger charge is -2.43. The lowest BCUT2D eigenvalue weighted by molar-refractivity contribution is -0.0967. The minimum Gasteiger partial charge on any atom is -0.375 e. The molecule has 96 valence electrons. The van der Waals surface area contributed by atoms with Crippen molar-refractivity contribution in [1.82, 2.24) is 0 Å². The molecule has 0 aromatic heterocycles. The largest absolute Gasteiger partial charge is 0.375 e. The molecule has 0 aromatic rings. The Morgan fingerprint density at radius 2 is 2.12 bits per heavy atom. The van der Waals surface area contributed by atoms with Crippen molar-refractivity contribution in [1.29, 1.82) is 0 Å². The molecule has 2 atom stereocenters. The summed E-state index contributed by atoms with van der Waals surface area (Å²) in [6.07, 6.45) is 9.68. The highest BCUT2D eigenvalue weighted by atomic mass is 35.5. The number of halogens is 1. The highest BCUT2D eigenvalue weighted by Gasteiger charge is 2.40. The fourth-order valence-electron chi connectivity index (χ4n) is 3.48. The third-order valence-corrected chi connectivity index (χ3v) is 5.85. The molecule has 1 nitrogen and oxygen atoms in total. The first-order chi connectivity index (χ1) is 8.27. The summed E-state index contributed by atoms with van der Waals surface area (Å²) >= 11 is 8.27. The Kier molecular flexibility index (Phi) is 3.75. The van der Waals surface area contributed by atoms with Gasteiger partial charge in [0.15, 0.2) is 0 Å². The Morgan fingerprint density at radius 3 is 2.82 bits per heavy atom. The first kappa shape index (κ1) is 12.4. The molecule has 0 bridgehead atoms. The molecule has 2 unspecified atom stereocenters. The van der Waals surface area contributed by atoms with E-state index in [4.69, 9.17) is 16.3 Å². The van der Waals surface area contributed by atoms with Gasteiger partial charge >= 0.3 is 0 Å². The van der Waals surface area contributed by atoms with Crippen LogP contribution in [0.25, 0.3) is 0 Å². The van der Waals surface area contributed by atoms with Gasteiger partial charge in [0.2, 0.25) is 0 Å². The zero-order valence-electron chi connectivity index (χ0n) is 10.3. The van der Waals surface area contributed by atoms with E-state index in [9.17, 15) is 0 Å². The molecule has 2 fully saturated rings. The van der Waals surface area contributed by atoms with Crippen molar-refractivity contribution in [3.05, 3.63) is 11.6 Å². The summed E-state index contributed by atoms with van der Waals surface area (Å²) in [6, 6.07) is 0. The van der Waals surface area contributed by atoms with Crippen LogP contribution in [-0.2, 0) is 4.74 Å². The van der Waals surface area contributed by atoms with Gasteiger partial charge in [-0.2, -0.15) is 11.8 Å². The number of rotatable bonds is 1. The first-order valence-electron chi connectivity index (χ1n) is 6.84. The summed E-state index contributed by atoms with van der Waals surface area (Å²) in [5.41, 5.74) is 1.85. The number of thioether (sulfide) groups is 1.